The molecular formula is C22H22N2O4S. The molecule has 0 saturated heterocycles. The predicted octanol–water partition coefficient (Wildman–Crippen LogP) is 4.66. The Kier molecular flexibility index (Phi) is 6.29. The highest BCUT2D eigenvalue weighted by Crippen LogP contribution is 2.29. The lowest BCUT2D eigenvalue weighted by atomic mass is 10.2. The first-order valence-electron chi connectivity index (χ1n) is 9.03. The van der Waals surface area contributed by atoms with E-state index in [1.54, 1.807) is 26.2 Å². The van der Waals surface area contributed by atoms with Crippen molar-refractivity contribution < 1.29 is 19.1 Å². The SMILES string of the molecule is COc1ccc(C)cc1NC(=O)COc1ccc(-c2nc(C)c(C(C)=O)s2)cc1. The number of amides is 1. The summed E-state index contributed by atoms with van der Waals surface area (Å²) >= 11 is 1.37. The number of carbonyl (C=O) groups excluding carboxylic acids is 2. The molecule has 0 saturated carbocycles. The molecule has 0 fully saturated rings. The fraction of sp³-hybridized carbons (Fsp3) is 0.227. The van der Waals surface area contributed by atoms with Crippen LogP contribution in [0.5, 0.6) is 11.5 Å². The van der Waals surface area contributed by atoms with Crippen molar-refractivity contribution in [3.05, 3.63) is 58.6 Å². The van der Waals surface area contributed by atoms with Gasteiger partial charge in [-0.15, -0.1) is 11.3 Å². The van der Waals surface area contributed by atoms with Crippen LogP contribution < -0.4 is 14.8 Å². The van der Waals surface area contributed by atoms with Crippen molar-refractivity contribution in [1.29, 1.82) is 0 Å². The Bertz CT molecular complexity index is 1040. The molecule has 0 bridgehead atoms. The average Bonchev–Trinajstić information content (AvgIpc) is 3.09. The van der Waals surface area contributed by atoms with E-state index in [0.29, 0.717) is 22.1 Å². The van der Waals surface area contributed by atoms with Crippen LogP contribution in [-0.2, 0) is 4.79 Å². The largest absolute Gasteiger partial charge is 0.495 e. The van der Waals surface area contributed by atoms with Crippen LogP contribution >= 0.6 is 11.3 Å². The highest BCUT2D eigenvalue weighted by molar-refractivity contribution is 7.17. The maximum atomic E-state index is 12.2. The molecule has 1 N–H and O–H groups in total. The Balaban J connectivity index is 1.62. The Morgan fingerprint density at radius 2 is 1.83 bits per heavy atom. The van der Waals surface area contributed by atoms with Gasteiger partial charge in [0.25, 0.3) is 5.91 Å². The van der Waals surface area contributed by atoms with Crippen molar-refractivity contribution in [2.45, 2.75) is 20.8 Å². The number of ether oxygens (including phenoxy) is 2. The molecule has 6 nitrogen and oxygen atoms in total. The number of hydrogen-bond acceptors (Lipinski definition) is 6. The Labute approximate surface area is 173 Å². The van der Waals surface area contributed by atoms with Gasteiger partial charge < -0.3 is 14.8 Å². The van der Waals surface area contributed by atoms with Gasteiger partial charge in [0.2, 0.25) is 0 Å². The van der Waals surface area contributed by atoms with E-state index in [4.69, 9.17) is 9.47 Å². The molecule has 1 aromatic heterocycles. The van der Waals surface area contributed by atoms with Crippen molar-refractivity contribution in [2.75, 3.05) is 19.0 Å². The van der Waals surface area contributed by atoms with E-state index in [2.05, 4.69) is 10.3 Å². The van der Waals surface area contributed by atoms with Gasteiger partial charge in [-0.05, 0) is 55.8 Å². The number of ketones is 1. The number of carbonyl (C=O) groups is 2. The standard InChI is InChI=1S/C22H22N2O4S/c1-13-5-10-19(27-4)18(11-13)24-20(26)12-28-17-8-6-16(7-9-17)22-23-14(2)21(29-22)15(3)25/h5-11H,12H2,1-4H3,(H,24,26). The number of nitrogens with zero attached hydrogens (tertiary/aromatic N) is 1. The van der Waals surface area contributed by atoms with Crippen molar-refractivity contribution in [3.63, 3.8) is 0 Å². The molecule has 0 aliphatic rings. The molecule has 0 unspecified atom stereocenters. The average molecular weight is 410 g/mol. The third kappa shape index (κ3) is 5.00. The van der Waals surface area contributed by atoms with Crippen LogP contribution in [-0.4, -0.2) is 30.4 Å². The van der Waals surface area contributed by atoms with Gasteiger partial charge in [-0.25, -0.2) is 4.98 Å². The Morgan fingerprint density at radius 1 is 1.10 bits per heavy atom. The zero-order valence-electron chi connectivity index (χ0n) is 16.7. The molecule has 3 aromatic rings. The van der Waals surface area contributed by atoms with E-state index in [1.807, 2.05) is 44.2 Å². The zero-order valence-corrected chi connectivity index (χ0v) is 17.6. The van der Waals surface area contributed by atoms with E-state index >= 15 is 0 Å². The number of Topliss-reactive ketones (excluding diaryl/α,β-unsaturated/α-hetero) is 1. The van der Waals surface area contributed by atoms with Gasteiger partial charge in [-0.2, -0.15) is 0 Å². The number of aromatic nitrogens is 1. The van der Waals surface area contributed by atoms with Gasteiger partial charge in [-0.1, -0.05) is 6.07 Å². The van der Waals surface area contributed by atoms with Crippen LogP contribution in [0.25, 0.3) is 10.6 Å². The van der Waals surface area contributed by atoms with Gasteiger partial charge in [0, 0.05) is 12.5 Å². The number of hydrogen-bond donors (Lipinski definition) is 1. The minimum atomic E-state index is -0.278. The lowest BCUT2D eigenvalue weighted by Crippen LogP contribution is -2.20. The van der Waals surface area contributed by atoms with Gasteiger partial charge in [-0.3, -0.25) is 9.59 Å². The summed E-state index contributed by atoms with van der Waals surface area (Å²) in [6, 6.07) is 12.8. The molecule has 0 aliphatic heterocycles. The summed E-state index contributed by atoms with van der Waals surface area (Å²) in [6.45, 7) is 5.19. The normalized spacial score (nSPS) is 10.5. The zero-order chi connectivity index (χ0) is 21.0. The predicted molar refractivity (Wildman–Crippen MR) is 114 cm³/mol. The number of anilines is 1. The molecule has 0 spiro atoms. The first-order chi connectivity index (χ1) is 13.9. The van der Waals surface area contributed by atoms with Crippen molar-refractivity contribution in [2.24, 2.45) is 0 Å². The fourth-order valence-corrected chi connectivity index (χ4v) is 3.76. The van der Waals surface area contributed by atoms with Gasteiger partial charge in [0.15, 0.2) is 12.4 Å². The van der Waals surface area contributed by atoms with Gasteiger partial charge >= 0.3 is 0 Å². The number of thiazole rings is 1. The van der Waals surface area contributed by atoms with Crippen LogP contribution in [0.4, 0.5) is 5.69 Å². The number of rotatable bonds is 7. The van der Waals surface area contributed by atoms with Crippen LogP contribution in [0.3, 0.4) is 0 Å². The third-order valence-corrected chi connectivity index (χ3v) is 5.52. The topological polar surface area (TPSA) is 77.5 Å². The summed E-state index contributed by atoms with van der Waals surface area (Å²) in [4.78, 5) is 29.0. The fourth-order valence-electron chi connectivity index (χ4n) is 2.79. The first kappa shape index (κ1) is 20.5. The maximum absolute atomic E-state index is 12.2. The number of aryl methyl sites for hydroxylation is 2. The number of benzene rings is 2. The monoisotopic (exact) mass is 410 g/mol. The lowest BCUT2D eigenvalue weighted by molar-refractivity contribution is -0.118. The first-order valence-corrected chi connectivity index (χ1v) is 9.85. The minimum absolute atomic E-state index is 0.0162. The number of nitrogens with one attached hydrogen (secondary N) is 1. The van der Waals surface area contributed by atoms with Crippen molar-refractivity contribution in [3.8, 4) is 22.1 Å². The van der Waals surface area contributed by atoms with Crippen LogP contribution in [0.2, 0.25) is 0 Å². The van der Waals surface area contributed by atoms with Crippen LogP contribution in [0, 0.1) is 13.8 Å². The summed E-state index contributed by atoms with van der Waals surface area (Å²) in [5.41, 5.74) is 3.26. The Morgan fingerprint density at radius 3 is 2.45 bits per heavy atom. The molecule has 1 amide bonds. The van der Waals surface area contributed by atoms with Gasteiger partial charge in [0.05, 0.1) is 23.4 Å². The van der Waals surface area contributed by atoms with E-state index < -0.39 is 0 Å². The molecule has 0 aliphatic carbocycles. The van der Waals surface area contributed by atoms with Crippen molar-refractivity contribution >= 4 is 28.7 Å². The quantitative estimate of drug-likeness (QED) is 0.574. The molecule has 150 valence electrons. The molecule has 29 heavy (non-hydrogen) atoms. The second-order valence-electron chi connectivity index (χ2n) is 6.55. The van der Waals surface area contributed by atoms with Crippen LogP contribution in [0.1, 0.15) is 27.9 Å². The molecule has 2 aromatic carbocycles. The second-order valence-corrected chi connectivity index (χ2v) is 7.55. The van der Waals surface area contributed by atoms with Crippen molar-refractivity contribution in [1.82, 2.24) is 4.98 Å². The highest BCUT2D eigenvalue weighted by Gasteiger charge is 2.13. The molecule has 3 rings (SSSR count). The minimum Gasteiger partial charge on any atom is -0.495 e. The molecule has 0 atom stereocenters. The van der Waals surface area contributed by atoms with Crippen LogP contribution in [0.15, 0.2) is 42.5 Å². The van der Waals surface area contributed by atoms with E-state index in [9.17, 15) is 9.59 Å². The smallest absolute Gasteiger partial charge is 0.262 e. The maximum Gasteiger partial charge on any atom is 0.262 e. The summed E-state index contributed by atoms with van der Waals surface area (Å²) in [6.07, 6.45) is 0. The van der Waals surface area contributed by atoms with E-state index in [0.717, 1.165) is 21.8 Å². The third-order valence-electron chi connectivity index (χ3n) is 4.22. The molecular weight excluding hydrogens is 388 g/mol. The Hall–Kier alpha value is -3.19. The highest BCUT2D eigenvalue weighted by atomic mass is 32.1. The van der Waals surface area contributed by atoms with Gasteiger partial charge in [0.1, 0.15) is 16.5 Å². The lowest BCUT2D eigenvalue weighted by Gasteiger charge is -2.11. The second kappa shape index (κ2) is 8.87. The number of methoxy groups -OCH3 is 1. The molecule has 1 heterocycles. The van der Waals surface area contributed by atoms with E-state index in [-0.39, 0.29) is 18.3 Å². The molecule has 7 heteroatoms. The summed E-state index contributed by atoms with van der Waals surface area (Å²) < 4.78 is 10.8. The van der Waals surface area contributed by atoms with E-state index in [1.165, 1.54) is 11.3 Å². The molecule has 0 radical (unpaired) electrons. The summed E-state index contributed by atoms with van der Waals surface area (Å²) in [5, 5.41) is 3.58. The summed E-state index contributed by atoms with van der Waals surface area (Å²) in [7, 11) is 1.56. The summed E-state index contributed by atoms with van der Waals surface area (Å²) in [5.74, 6) is 0.902.